The number of carbonyl (C=O) groups is 1. The van der Waals surface area contributed by atoms with Gasteiger partial charge in [0.2, 0.25) is 0 Å². The Labute approximate surface area is 99.5 Å². The molecule has 2 aromatic rings. The van der Waals surface area contributed by atoms with Crippen LogP contribution in [0.1, 0.15) is 40.9 Å². The van der Waals surface area contributed by atoms with E-state index in [-0.39, 0.29) is 0 Å². The van der Waals surface area contributed by atoms with E-state index >= 15 is 0 Å². The SMILES string of the molecule is O=C(O)c1ccc2[nH]c3c(c2c1)CCCCC3. The molecule has 88 valence electrons. The lowest BCUT2D eigenvalue weighted by Gasteiger charge is -1.99. The molecule has 0 radical (unpaired) electrons. The average Bonchev–Trinajstić information content (AvgIpc) is 2.51. The molecule has 0 saturated heterocycles. The van der Waals surface area contributed by atoms with Crippen LogP contribution >= 0.6 is 0 Å². The van der Waals surface area contributed by atoms with Crippen LogP contribution in [0.25, 0.3) is 10.9 Å². The summed E-state index contributed by atoms with van der Waals surface area (Å²) in [7, 11) is 0. The first kappa shape index (κ1) is 10.4. The zero-order valence-corrected chi connectivity index (χ0v) is 9.62. The van der Waals surface area contributed by atoms with Gasteiger partial charge >= 0.3 is 5.97 Å². The molecule has 0 bridgehead atoms. The van der Waals surface area contributed by atoms with Crippen molar-refractivity contribution in [3.05, 3.63) is 35.0 Å². The van der Waals surface area contributed by atoms with Crippen molar-refractivity contribution in [2.45, 2.75) is 32.1 Å². The number of carboxylic acids is 1. The Bertz CT molecular complexity index is 583. The maximum atomic E-state index is 11.0. The van der Waals surface area contributed by atoms with Gasteiger partial charge in [-0.05, 0) is 49.4 Å². The highest BCUT2D eigenvalue weighted by Gasteiger charge is 2.15. The molecule has 0 fully saturated rings. The van der Waals surface area contributed by atoms with Gasteiger partial charge in [-0.25, -0.2) is 4.79 Å². The number of H-pyrrole nitrogens is 1. The lowest BCUT2D eigenvalue weighted by atomic mass is 10.0. The summed E-state index contributed by atoms with van der Waals surface area (Å²) in [5.41, 5.74) is 4.09. The monoisotopic (exact) mass is 229 g/mol. The molecule has 1 aliphatic rings. The molecule has 0 amide bonds. The van der Waals surface area contributed by atoms with Gasteiger partial charge < -0.3 is 10.1 Å². The fourth-order valence-electron chi connectivity index (χ4n) is 2.72. The molecule has 2 N–H and O–H groups in total. The van der Waals surface area contributed by atoms with E-state index in [0.717, 1.165) is 23.7 Å². The third-order valence-corrected chi connectivity index (χ3v) is 3.60. The molecule has 1 aliphatic carbocycles. The molecule has 1 aromatic carbocycles. The van der Waals surface area contributed by atoms with Crippen LogP contribution in [0.5, 0.6) is 0 Å². The molecule has 0 saturated carbocycles. The van der Waals surface area contributed by atoms with Crippen LogP contribution in [-0.2, 0) is 12.8 Å². The first-order valence-corrected chi connectivity index (χ1v) is 6.12. The van der Waals surface area contributed by atoms with Gasteiger partial charge in [-0.1, -0.05) is 6.42 Å². The molecule has 3 heteroatoms. The molecule has 0 aliphatic heterocycles. The van der Waals surface area contributed by atoms with Gasteiger partial charge in [0.15, 0.2) is 0 Å². The maximum Gasteiger partial charge on any atom is 0.335 e. The van der Waals surface area contributed by atoms with Gasteiger partial charge in [-0.15, -0.1) is 0 Å². The van der Waals surface area contributed by atoms with Crippen LogP contribution in [0.15, 0.2) is 18.2 Å². The highest BCUT2D eigenvalue weighted by molar-refractivity contribution is 5.95. The highest BCUT2D eigenvalue weighted by Crippen LogP contribution is 2.29. The fourth-order valence-corrected chi connectivity index (χ4v) is 2.72. The third kappa shape index (κ3) is 1.71. The van der Waals surface area contributed by atoms with E-state index in [2.05, 4.69) is 4.98 Å². The van der Waals surface area contributed by atoms with Gasteiger partial charge in [-0.3, -0.25) is 0 Å². The van der Waals surface area contributed by atoms with Crippen LogP contribution in [0.3, 0.4) is 0 Å². The molecule has 0 unspecified atom stereocenters. The second-order valence-electron chi connectivity index (χ2n) is 4.71. The van der Waals surface area contributed by atoms with Crippen molar-refractivity contribution < 1.29 is 9.90 Å². The molecule has 1 heterocycles. The van der Waals surface area contributed by atoms with Crippen LogP contribution in [0, 0.1) is 0 Å². The van der Waals surface area contributed by atoms with Gasteiger partial charge in [0.05, 0.1) is 5.56 Å². The maximum absolute atomic E-state index is 11.0. The highest BCUT2D eigenvalue weighted by atomic mass is 16.4. The second-order valence-corrected chi connectivity index (χ2v) is 4.71. The van der Waals surface area contributed by atoms with Crippen molar-refractivity contribution in [3.8, 4) is 0 Å². The summed E-state index contributed by atoms with van der Waals surface area (Å²) in [6.45, 7) is 0. The number of nitrogens with one attached hydrogen (secondary N) is 1. The molecule has 17 heavy (non-hydrogen) atoms. The van der Waals surface area contributed by atoms with Crippen LogP contribution in [0.2, 0.25) is 0 Å². The second kappa shape index (κ2) is 3.91. The number of hydrogen-bond acceptors (Lipinski definition) is 1. The van der Waals surface area contributed by atoms with Crippen LogP contribution < -0.4 is 0 Å². The normalized spacial score (nSPS) is 15.5. The third-order valence-electron chi connectivity index (χ3n) is 3.60. The molecule has 0 spiro atoms. The van der Waals surface area contributed by atoms with Crippen molar-refractivity contribution >= 4 is 16.9 Å². The zero-order valence-electron chi connectivity index (χ0n) is 9.62. The number of aromatic nitrogens is 1. The van der Waals surface area contributed by atoms with Gasteiger partial charge in [0, 0.05) is 16.6 Å². The summed E-state index contributed by atoms with van der Waals surface area (Å²) in [6, 6.07) is 5.35. The largest absolute Gasteiger partial charge is 0.478 e. The number of fused-ring (bicyclic) bond motifs is 3. The zero-order chi connectivity index (χ0) is 11.8. The van der Waals surface area contributed by atoms with E-state index < -0.39 is 5.97 Å². The quantitative estimate of drug-likeness (QED) is 0.738. The van der Waals surface area contributed by atoms with Gasteiger partial charge in [0.25, 0.3) is 0 Å². The number of carboxylic acid groups (broad SMARTS) is 1. The Morgan fingerprint density at radius 1 is 1.18 bits per heavy atom. The number of aromatic carboxylic acids is 1. The van der Waals surface area contributed by atoms with Crippen LogP contribution in [0.4, 0.5) is 0 Å². The molecular weight excluding hydrogens is 214 g/mol. The van der Waals surface area contributed by atoms with Gasteiger partial charge in [0.1, 0.15) is 0 Å². The minimum Gasteiger partial charge on any atom is -0.478 e. The van der Waals surface area contributed by atoms with Crippen molar-refractivity contribution in [3.63, 3.8) is 0 Å². The number of benzene rings is 1. The Balaban J connectivity index is 2.20. The topological polar surface area (TPSA) is 53.1 Å². The van der Waals surface area contributed by atoms with Gasteiger partial charge in [-0.2, -0.15) is 0 Å². The van der Waals surface area contributed by atoms with E-state index in [1.54, 1.807) is 12.1 Å². The Kier molecular flexibility index (Phi) is 2.39. The minimum atomic E-state index is -0.851. The summed E-state index contributed by atoms with van der Waals surface area (Å²) in [5, 5.41) is 10.1. The number of aryl methyl sites for hydroxylation is 2. The predicted octanol–water partition coefficient (Wildman–Crippen LogP) is 3.14. The molecular formula is C14H15NO2. The predicted molar refractivity (Wildman–Crippen MR) is 66.5 cm³/mol. The minimum absolute atomic E-state index is 0.378. The summed E-state index contributed by atoms with van der Waals surface area (Å²) < 4.78 is 0. The number of hydrogen-bond donors (Lipinski definition) is 2. The van der Waals surface area contributed by atoms with Crippen LogP contribution in [-0.4, -0.2) is 16.1 Å². The van der Waals surface area contributed by atoms with Crippen molar-refractivity contribution in [2.75, 3.05) is 0 Å². The first-order valence-electron chi connectivity index (χ1n) is 6.12. The number of aromatic amines is 1. The molecule has 3 rings (SSSR count). The van der Waals surface area contributed by atoms with E-state index in [1.165, 1.54) is 30.5 Å². The lowest BCUT2D eigenvalue weighted by molar-refractivity contribution is 0.0697. The molecule has 1 aromatic heterocycles. The fraction of sp³-hybridized carbons (Fsp3) is 0.357. The Hall–Kier alpha value is -1.77. The first-order chi connectivity index (χ1) is 8.25. The summed E-state index contributed by atoms with van der Waals surface area (Å²) in [6.07, 6.45) is 5.86. The molecule has 3 nitrogen and oxygen atoms in total. The van der Waals surface area contributed by atoms with Crippen molar-refractivity contribution in [2.24, 2.45) is 0 Å². The van der Waals surface area contributed by atoms with E-state index in [0.29, 0.717) is 5.56 Å². The Morgan fingerprint density at radius 3 is 2.82 bits per heavy atom. The lowest BCUT2D eigenvalue weighted by Crippen LogP contribution is -1.95. The van der Waals surface area contributed by atoms with Crippen molar-refractivity contribution in [1.29, 1.82) is 0 Å². The standard InChI is InChI=1S/C14H15NO2/c16-14(17)9-6-7-13-11(8-9)10-4-2-1-3-5-12(10)15-13/h6-8,15H,1-5H2,(H,16,17). The summed E-state index contributed by atoms with van der Waals surface area (Å²) in [5.74, 6) is -0.851. The Morgan fingerprint density at radius 2 is 2.00 bits per heavy atom. The van der Waals surface area contributed by atoms with E-state index in [9.17, 15) is 4.79 Å². The van der Waals surface area contributed by atoms with Crippen molar-refractivity contribution in [1.82, 2.24) is 4.98 Å². The average molecular weight is 229 g/mol. The van der Waals surface area contributed by atoms with E-state index in [4.69, 9.17) is 5.11 Å². The number of rotatable bonds is 1. The summed E-state index contributed by atoms with van der Waals surface area (Å²) >= 11 is 0. The smallest absolute Gasteiger partial charge is 0.335 e. The summed E-state index contributed by atoms with van der Waals surface area (Å²) in [4.78, 5) is 14.4. The molecule has 0 atom stereocenters. The van der Waals surface area contributed by atoms with E-state index in [1.807, 2.05) is 6.07 Å².